The molecule has 0 heterocycles. The third-order valence-corrected chi connectivity index (χ3v) is 1.60. The summed E-state index contributed by atoms with van der Waals surface area (Å²) < 4.78 is 15.4. The summed E-state index contributed by atoms with van der Waals surface area (Å²) in [7, 11) is 0. The highest BCUT2D eigenvalue weighted by molar-refractivity contribution is 5.74. The van der Waals surface area contributed by atoms with Gasteiger partial charge >= 0.3 is 0 Å². The number of rotatable bonds is 11. The van der Waals surface area contributed by atoms with E-state index in [1.807, 2.05) is 6.92 Å². The van der Waals surface area contributed by atoms with E-state index in [2.05, 4.69) is 0 Å². The summed E-state index contributed by atoms with van der Waals surface area (Å²) in [5.74, 6) is -0.437. The van der Waals surface area contributed by atoms with Gasteiger partial charge in [-0.15, -0.1) is 0 Å². The lowest BCUT2D eigenvalue weighted by Crippen LogP contribution is -2.18. The molecule has 5 nitrogen and oxygen atoms in total. The Morgan fingerprint density at radius 3 is 2.07 bits per heavy atom. The number of carbonyl (C=O) groups excluding carboxylic acids is 1. The van der Waals surface area contributed by atoms with Crippen LogP contribution in [0.3, 0.4) is 0 Å². The maximum Gasteiger partial charge on any atom is 0.243 e. The smallest absolute Gasteiger partial charge is 0.243 e. The minimum atomic E-state index is -0.437. The first-order valence-corrected chi connectivity index (χ1v) is 5.29. The lowest BCUT2D eigenvalue weighted by molar-refractivity contribution is -0.122. The number of hydrogen-bond acceptors (Lipinski definition) is 4. The predicted octanol–water partition coefficient (Wildman–Crippen LogP) is 0.322. The highest BCUT2D eigenvalue weighted by Gasteiger charge is 1.94. The second kappa shape index (κ2) is 11.4. The molecule has 0 bridgehead atoms. The molecule has 0 unspecified atom stereocenters. The molecule has 0 saturated carbocycles. The Morgan fingerprint density at radius 1 is 1.00 bits per heavy atom. The van der Waals surface area contributed by atoms with Crippen LogP contribution in [0.2, 0.25) is 0 Å². The van der Waals surface area contributed by atoms with E-state index in [0.29, 0.717) is 19.8 Å². The Bertz CT molecular complexity index is 152. The summed E-state index contributed by atoms with van der Waals surface area (Å²) in [5.41, 5.74) is 4.89. The van der Waals surface area contributed by atoms with Crippen LogP contribution in [0.25, 0.3) is 0 Å². The Morgan fingerprint density at radius 2 is 1.53 bits per heavy atom. The zero-order chi connectivity index (χ0) is 11.4. The van der Waals surface area contributed by atoms with Gasteiger partial charge in [0.15, 0.2) is 0 Å². The van der Waals surface area contributed by atoms with Crippen LogP contribution in [0, 0.1) is 0 Å². The minimum absolute atomic E-state index is 0.00958. The van der Waals surface area contributed by atoms with Gasteiger partial charge in [0.05, 0.1) is 0 Å². The molecule has 5 heteroatoms. The molecule has 2 N–H and O–H groups in total. The van der Waals surface area contributed by atoms with Crippen LogP contribution in [0.1, 0.15) is 19.8 Å². The van der Waals surface area contributed by atoms with Gasteiger partial charge < -0.3 is 19.9 Å². The van der Waals surface area contributed by atoms with Gasteiger partial charge in [0.2, 0.25) is 5.91 Å². The molecule has 90 valence electrons. The topological polar surface area (TPSA) is 70.8 Å². The molecule has 0 fully saturated rings. The number of carbonyl (C=O) groups is 1. The van der Waals surface area contributed by atoms with E-state index in [4.69, 9.17) is 19.9 Å². The van der Waals surface area contributed by atoms with Crippen LogP contribution >= 0.6 is 0 Å². The van der Waals surface area contributed by atoms with Crippen LogP contribution in [0.4, 0.5) is 0 Å². The van der Waals surface area contributed by atoms with Crippen molar-refractivity contribution in [3.05, 3.63) is 0 Å². The highest BCUT2D eigenvalue weighted by atomic mass is 16.5. The van der Waals surface area contributed by atoms with Crippen molar-refractivity contribution in [2.24, 2.45) is 5.73 Å². The van der Waals surface area contributed by atoms with Gasteiger partial charge in [-0.25, -0.2) is 0 Å². The summed E-state index contributed by atoms with van der Waals surface area (Å²) in [6.07, 6.45) is 1.69. The van der Waals surface area contributed by atoms with Gasteiger partial charge in [-0.05, 0) is 19.8 Å². The van der Waals surface area contributed by atoms with Crippen LogP contribution < -0.4 is 5.73 Å². The number of hydrogen-bond donors (Lipinski definition) is 1. The van der Waals surface area contributed by atoms with E-state index in [9.17, 15) is 4.79 Å². The molecule has 0 aliphatic rings. The first-order chi connectivity index (χ1) is 7.27. The lowest BCUT2D eigenvalue weighted by atomic mass is 10.4. The fourth-order valence-electron chi connectivity index (χ4n) is 0.945. The number of ether oxygens (including phenoxy) is 3. The van der Waals surface area contributed by atoms with E-state index < -0.39 is 5.91 Å². The first-order valence-electron chi connectivity index (χ1n) is 5.29. The van der Waals surface area contributed by atoms with E-state index >= 15 is 0 Å². The highest BCUT2D eigenvalue weighted by Crippen LogP contribution is 1.88. The number of amides is 1. The third kappa shape index (κ3) is 13.3. The van der Waals surface area contributed by atoms with Gasteiger partial charge in [0.1, 0.15) is 6.61 Å². The fourth-order valence-corrected chi connectivity index (χ4v) is 0.945. The van der Waals surface area contributed by atoms with E-state index in [-0.39, 0.29) is 6.61 Å². The van der Waals surface area contributed by atoms with Crippen LogP contribution in [0.15, 0.2) is 0 Å². The molecule has 1 amide bonds. The van der Waals surface area contributed by atoms with Crippen molar-refractivity contribution in [2.75, 3.05) is 39.6 Å². The van der Waals surface area contributed by atoms with Gasteiger partial charge in [0, 0.05) is 33.0 Å². The summed E-state index contributed by atoms with van der Waals surface area (Å²) in [4.78, 5) is 10.3. The molecule has 0 spiro atoms. The molecule has 0 aromatic heterocycles. The summed E-state index contributed by atoms with van der Waals surface area (Å²) >= 11 is 0. The second-order valence-electron chi connectivity index (χ2n) is 3.04. The van der Waals surface area contributed by atoms with E-state index in [1.54, 1.807) is 0 Å². The first kappa shape index (κ1) is 14.3. The Hall–Kier alpha value is -0.650. The van der Waals surface area contributed by atoms with Crippen LogP contribution in [-0.4, -0.2) is 45.5 Å². The summed E-state index contributed by atoms with van der Waals surface area (Å²) in [5, 5.41) is 0. The molecule has 0 aromatic carbocycles. The van der Waals surface area contributed by atoms with E-state index in [0.717, 1.165) is 26.1 Å². The zero-order valence-electron chi connectivity index (χ0n) is 9.37. The second-order valence-corrected chi connectivity index (χ2v) is 3.04. The largest absolute Gasteiger partial charge is 0.382 e. The Labute approximate surface area is 90.9 Å². The molecular weight excluding hydrogens is 198 g/mol. The molecule has 0 atom stereocenters. The van der Waals surface area contributed by atoms with Crippen molar-refractivity contribution < 1.29 is 19.0 Å². The SMILES string of the molecule is CCOCCCOCCCOCC(N)=O. The minimum Gasteiger partial charge on any atom is -0.382 e. The van der Waals surface area contributed by atoms with Gasteiger partial charge in [-0.2, -0.15) is 0 Å². The molecule has 0 aromatic rings. The summed E-state index contributed by atoms with van der Waals surface area (Å²) in [6, 6.07) is 0. The molecule has 0 aliphatic carbocycles. The maximum absolute atomic E-state index is 10.3. The van der Waals surface area contributed by atoms with Crippen molar-refractivity contribution in [1.82, 2.24) is 0 Å². The standard InChI is InChI=1S/C10H21NO4/c1-2-13-5-3-6-14-7-4-8-15-9-10(11)12/h2-9H2,1H3,(H2,11,12). The van der Waals surface area contributed by atoms with Gasteiger partial charge in [-0.3, -0.25) is 4.79 Å². The third-order valence-electron chi connectivity index (χ3n) is 1.60. The van der Waals surface area contributed by atoms with Gasteiger partial charge in [0.25, 0.3) is 0 Å². The van der Waals surface area contributed by atoms with Crippen molar-refractivity contribution >= 4 is 5.91 Å². The molecule has 0 saturated heterocycles. The van der Waals surface area contributed by atoms with Crippen molar-refractivity contribution in [1.29, 1.82) is 0 Å². The monoisotopic (exact) mass is 219 g/mol. The molecular formula is C10H21NO4. The molecule has 0 aliphatic heterocycles. The van der Waals surface area contributed by atoms with Crippen LogP contribution in [0.5, 0.6) is 0 Å². The van der Waals surface area contributed by atoms with Crippen LogP contribution in [-0.2, 0) is 19.0 Å². The van der Waals surface area contributed by atoms with E-state index in [1.165, 1.54) is 0 Å². The average Bonchev–Trinajstić information content (AvgIpc) is 2.20. The predicted molar refractivity (Wildman–Crippen MR) is 56.6 cm³/mol. The maximum atomic E-state index is 10.3. The lowest BCUT2D eigenvalue weighted by Gasteiger charge is -2.04. The Balaban J connectivity index is 2.89. The van der Waals surface area contributed by atoms with Crippen molar-refractivity contribution in [2.45, 2.75) is 19.8 Å². The van der Waals surface area contributed by atoms with Gasteiger partial charge in [-0.1, -0.05) is 0 Å². The number of nitrogens with two attached hydrogens (primary N) is 1. The number of primary amides is 1. The summed E-state index contributed by atoms with van der Waals surface area (Å²) in [6.45, 7) is 5.31. The normalized spacial score (nSPS) is 10.5. The molecule has 0 rings (SSSR count). The van der Waals surface area contributed by atoms with Crippen molar-refractivity contribution in [3.63, 3.8) is 0 Å². The zero-order valence-corrected chi connectivity index (χ0v) is 9.37. The molecule has 0 radical (unpaired) electrons. The molecule has 15 heavy (non-hydrogen) atoms. The Kier molecular flexibility index (Phi) is 10.9. The fraction of sp³-hybridized carbons (Fsp3) is 0.900. The van der Waals surface area contributed by atoms with Crippen molar-refractivity contribution in [3.8, 4) is 0 Å². The average molecular weight is 219 g/mol. The quantitative estimate of drug-likeness (QED) is 0.508.